The van der Waals surface area contributed by atoms with Crippen molar-refractivity contribution in [1.82, 2.24) is 14.8 Å². The molecule has 0 aliphatic carbocycles. The standard InChI is InChI=1S/C19H22FN3O5S/c1-14(20)10-16(11-19(24)22-25)23(13-15-4-3-9-21-12-15)29(26,27)18-7-5-17(28-2)6-8-18/h3-9,12,16,25H,1,10-11,13H2,2H3,(H,22,24). The molecule has 0 aliphatic heterocycles. The molecule has 2 rings (SSSR count). The fourth-order valence-corrected chi connectivity index (χ4v) is 4.37. The first-order valence-corrected chi connectivity index (χ1v) is 10.0. The van der Waals surface area contributed by atoms with E-state index in [1.54, 1.807) is 12.1 Å². The fraction of sp³-hybridized carbons (Fsp3) is 0.263. The van der Waals surface area contributed by atoms with E-state index in [1.165, 1.54) is 49.2 Å². The number of rotatable bonds is 10. The van der Waals surface area contributed by atoms with Crippen LogP contribution >= 0.6 is 0 Å². The van der Waals surface area contributed by atoms with Crippen molar-refractivity contribution in [2.75, 3.05) is 7.11 Å². The number of pyridine rings is 1. The van der Waals surface area contributed by atoms with Crippen molar-refractivity contribution in [2.45, 2.75) is 30.3 Å². The quantitative estimate of drug-likeness (QED) is 0.449. The molecule has 2 aromatic rings. The van der Waals surface area contributed by atoms with Gasteiger partial charge in [-0.15, -0.1) is 0 Å². The summed E-state index contributed by atoms with van der Waals surface area (Å²) in [5, 5.41) is 8.86. The van der Waals surface area contributed by atoms with Crippen molar-refractivity contribution < 1.29 is 27.5 Å². The van der Waals surface area contributed by atoms with Gasteiger partial charge in [0.1, 0.15) is 5.75 Å². The van der Waals surface area contributed by atoms with E-state index in [4.69, 9.17) is 9.94 Å². The van der Waals surface area contributed by atoms with E-state index in [0.717, 1.165) is 4.31 Å². The molecule has 10 heteroatoms. The summed E-state index contributed by atoms with van der Waals surface area (Å²) < 4.78 is 46.4. The van der Waals surface area contributed by atoms with E-state index in [0.29, 0.717) is 11.3 Å². The van der Waals surface area contributed by atoms with E-state index >= 15 is 0 Å². The van der Waals surface area contributed by atoms with Crippen molar-refractivity contribution in [3.63, 3.8) is 0 Å². The summed E-state index contributed by atoms with van der Waals surface area (Å²) in [4.78, 5) is 15.7. The van der Waals surface area contributed by atoms with E-state index < -0.39 is 40.6 Å². The summed E-state index contributed by atoms with van der Waals surface area (Å²) in [6, 6.07) is 7.87. The molecule has 2 N–H and O–H groups in total. The highest BCUT2D eigenvalue weighted by molar-refractivity contribution is 7.89. The highest BCUT2D eigenvalue weighted by Crippen LogP contribution is 2.27. The van der Waals surface area contributed by atoms with Gasteiger partial charge in [-0.25, -0.2) is 18.3 Å². The van der Waals surface area contributed by atoms with Crippen LogP contribution in [0.5, 0.6) is 5.75 Å². The van der Waals surface area contributed by atoms with Crippen molar-refractivity contribution >= 4 is 15.9 Å². The second-order valence-corrected chi connectivity index (χ2v) is 8.09. The van der Waals surface area contributed by atoms with Crippen LogP contribution in [0.3, 0.4) is 0 Å². The van der Waals surface area contributed by atoms with Crippen LogP contribution in [0.25, 0.3) is 0 Å². The van der Waals surface area contributed by atoms with Gasteiger partial charge >= 0.3 is 0 Å². The molecule has 0 saturated carbocycles. The molecule has 0 saturated heterocycles. The molecule has 8 nitrogen and oxygen atoms in total. The van der Waals surface area contributed by atoms with Gasteiger partial charge < -0.3 is 4.74 Å². The third-order valence-electron chi connectivity index (χ3n) is 4.14. The molecule has 29 heavy (non-hydrogen) atoms. The van der Waals surface area contributed by atoms with Gasteiger partial charge in [-0.1, -0.05) is 12.6 Å². The number of methoxy groups -OCH3 is 1. The summed E-state index contributed by atoms with van der Waals surface area (Å²) in [7, 11) is -2.69. The molecular weight excluding hydrogens is 401 g/mol. The smallest absolute Gasteiger partial charge is 0.244 e. The monoisotopic (exact) mass is 423 g/mol. The Labute approximate surface area is 168 Å². The van der Waals surface area contributed by atoms with E-state index in [-0.39, 0.29) is 11.4 Å². The van der Waals surface area contributed by atoms with Crippen LogP contribution in [0.15, 0.2) is 66.1 Å². The lowest BCUT2D eigenvalue weighted by Gasteiger charge is -2.30. The topological polar surface area (TPSA) is 109 Å². The first kappa shape index (κ1) is 22.5. The number of carbonyl (C=O) groups is 1. The third-order valence-corrected chi connectivity index (χ3v) is 6.05. The average molecular weight is 423 g/mol. The highest BCUT2D eigenvalue weighted by atomic mass is 32.2. The Bertz CT molecular complexity index is 936. The first-order valence-electron chi connectivity index (χ1n) is 8.59. The Hall–Kier alpha value is -2.82. The molecule has 1 unspecified atom stereocenters. The second-order valence-electron chi connectivity index (χ2n) is 6.20. The first-order chi connectivity index (χ1) is 13.8. The number of ether oxygens (including phenoxy) is 1. The average Bonchev–Trinajstić information content (AvgIpc) is 2.71. The van der Waals surface area contributed by atoms with Crippen LogP contribution in [-0.4, -0.2) is 42.0 Å². The molecule has 0 fully saturated rings. The number of nitrogens with zero attached hydrogens (tertiary/aromatic N) is 2. The molecule has 1 aromatic carbocycles. The zero-order valence-corrected chi connectivity index (χ0v) is 16.6. The lowest BCUT2D eigenvalue weighted by molar-refractivity contribution is -0.130. The van der Waals surface area contributed by atoms with Crippen LogP contribution in [0.4, 0.5) is 4.39 Å². The van der Waals surface area contributed by atoms with Gasteiger partial charge in [-0.3, -0.25) is 15.0 Å². The van der Waals surface area contributed by atoms with Gasteiger partial charge in [-0.05, 0) is 35.9 Å². The van der Waals surface area contributed by atoms with Gasteiger partial charge in [0.25, 0.3) is 0 Å². The molecular formula is C19H22FN3O5S. The minimum absolute atomic E-state index is 0.0546. The van der Waals surface area contributed by atoms with Crippen LogP contribution in [-0.2, 0) is 21.4 Å². The predicted molar refractivity (Wildman–Crippen MR) is 103 cm³/mol. The van der Waals surface area contributed by atoms with Crippen LogP contribution in [0.1, 0.15) is 18.4 Å². The number of aromatic nitrogens is 1. The molecule has 1 atom stereocenters. The zero-order chi connectivity index (χ0) is 21.4. The van der Waals surface area contributed by atoms with Gasteiger partial charge in [0.15, 0.2) is 0 Å². The molecule has 1 amide bonds. The van der Waals surface area contributed by atoms with Crippen molar-refractivity contribution in [3.8, 4) is 5.75 Å². The number of sulfonamides is 1. The highest BCUT2D eigenvalue weighted by Gasteiger charge is 2.33. The van der Waals surface area contributed by atoms with E-state index in [1.807, 2.05) is 0 Å². The third kappa shape index (κ3) is 6.08. The Morgan fingerprint density at radius 2 is 2.00 bits per heavy atom. The Morgan fingerprint density at radius 3 is 2.52 bits per heavy atom. The summed E-state index contributed by atoms with van der Waals surface area (Å²) in [6.45, 7) is 3.03. The summed E-state index contributed by atoms with van der Waals surface area (Å²) in [6.07, 6.45) is 2.13. The Balaban J connectivity index is 2.50. The predicted octanol–water partition coefficient (Wildman–Crippen LogP) is 2.42. The number of carbonyl (C=O) groups excluding carboxylic acids is 1. The fourth-order valence-electron chi connectivity index (χ4n) is 2.76. The van der Waals surface area contributed by atoms with Crippen molar-refractivity contribution in [2.24, 2.45) is 0 Å². The lowest BCUT2D eigenvalue weighted by Crippen LogP contribution is -2.42. The minimum atomic E-state index is -4.14. The van der Waals surface area contributed by atoms with Gasteiger partial charge in [-0.2, -0.15) is 4.31 Å². The summed E-state index contributed by atoms with van der Waals surface area (Å²) in [5.74, 6) is -1.17. The normalized spacial score (nSPS) is 12.4. The molecule has 0 radical (unpaired) electrons. The Kier molecular flexibility index (Phi) is 7.82. The molecule has 156 valence electrons. The SMILES string of the molecule is C=C(F)CC(CC(=O)NO)N(Cc1cccnc1)S(=O)(=O)c1ccc(OC)cc1. The van der Waals surface area contributed by atoms with Gasteiger partial charge in [0.05, 0.1) is 17.8 Å². The maximum atomic E-state index is 13.7. The maximum absolute atomic E-state index is 13.7. The number of hydroxylamine groups is 1. The lowest BCUT2D eigenvalue weighted by atomic mass is 10.1. The van der Waals surface area contributed by atoms with Gasteiger partial charge in [0, 0.05) is 37.8 Å². The van der Waals surface area contributed by atoms with E-state index in [9.17, 15) is 17.6 Å². The molecule has 1 heterocycles. The van der Waals surface area contributed by atoms with E-state index in [2.05, 4.69) is 11.6 Å². The zero-order valence-electron chi connectivity index (χ0n) is 15.8. The molecule has 0 spiro atoms. The van der Waals surface area contributed by atoms with Gasteiger partial charge in [0.2, 0.25) is 15.9 Å². The second kappa shape index (κ2) is 10.1. The number of hydrogen-bond donors (Lipinski definition) is 2. The number of nitrogens with one attached hydrogen (secondary N) is 1. The summed E-state index contributed by atoms with van der Waals surface area (Å²) in [5.41, 5.74) is 2.00. The van der Waals surface area contributed by atoms with Crippen LogP contribution in [0, 0.1) is 0 Å². The number of halogens is 1. The number of hydrogen-bond acceptors (Lipinski definition) is 6. The number of amides is 1. The Morgan fingerprint density at radius 1 is 1.31 bits per heavy atom. The van der Waals surface area contributed by atoms with Crippen LogP contribution < -0.4 is 10.2 Å². The minimum Gasteiger partial charge on any atom is -0.497 e. The largest absolute Gasteiger partial charge is 0.497 e. The molecule has 0 aliphatic rings. The van der Waals surface area contributed by atoms with Crippen molar-refractivity contribution in [3.05, 3.63) is 66.8 Å². The van der Waals surface area contributed by atoms with Crippen molar-refractivity contribution in [1.29, 1.82) is 0 Å². The van der Waals surface area contributed by atoms with Crippen LogP contribution in [0.2, 0.25) is 0 Å². The number of benzene rings is 1. The molecule has 1 aromatic heterocycles. The molecule has 0 bridgehead atoms. The maximum Gasteiger partial charge on any atom is 0.244 e. The summed E-state index contributed by atoms with van der Waals surface area (Å²) >= 11 is 0.